The lowest BCUT2D eigenvalue weighted by Gasteiger charge is -2.11. The number of aromatic nitrogens is 6. The molecule has 0 saturated heterocycles. The lowest BCUT2D eigenvalue weighted by molar-refractivity contribution is 0.816. The van der Waals surface area contributed by atoms with E-state index >= 15 is 0 Å². The van der Waals surface area contributed by atoms with Gasteiger partial charge in [-0.05, 0) is 74.2 Å². The number of halogens is 2. The average molecular weight is 584 g/mol. The molecule has 4 rings (SSSR count). The van der Waals surface area contributed by atoms with Gasteiger partial charge in [0.25, 0.3) is 0 Å². The van der Waals surface area contributed by atoms with Crippen molar-refractivity contribution in [2.45, 2.75) is 53.4 Å². The van der Waals surface area contributed by atoms with Gasteiger partial charge in [-0.2, -0.15) is 29.9 Å². The first kappa shape index (κ1) is 30.8. The Labute approximate surface area is 245 Å². The summed E-state index contributed by atoms with van der Waals surface area (Å²) in [6, 6.07) is 16.0. The summed E-state index contributed by atoms with van der Waals surface area (Å²) in [5.41, 5.74) is 4.23. The normalized spacial score (nSPS) is 10.3. The summed E-state index contributed by atoms with van der Waals surface area (Å²) in [7, 11) is 0. The molecule has 4 N–H and O–H groups in total. The molecular formula is C28H36Cl2N10. The van der Waals surface area contributed by atoms with E-state index in [9.17, 15) is 0 Å². The number of rotatable bonds is 12. The first-order valence-corrected chi connectivity index (χ1v) is 14.1. The Balaban J connectivity index is 0.000000238. The molecule has 10 nitrogen and oxygen atoms in total. The minimum Gasteiger partial charge on any atom is -0.354 e. The number of hydrogen-bond acceptors (Lipinski definition) is 10. The Morgan fingerprint density at radius 3 is 1.30 bits per heavy atom. The number of hydrogen-bond donors (Lipinski definition) is 4. The molecule has 0 radical (unpaired) electrons. The number of nitrogens with zero attached hydrogens (tertiary/aromatic N) is 6. The van der Waals surface area contributed by atoms with Crippen LogP contribution in [0, 0.1) is 13.8 Å². The van der Waals surface area contributed by atoms with E-state index in [1.807, 2.05) is 43.3 Å². The lowest BCUT2D eigenvalue weighted by Crippen LogP contribution is -2.12. The van der Waals surface area contributed by atoms with Gasteiger partial charge in [-0.1, -0.05) is 62.1 Å². The first-order valence-electron chi connectivity index (χ1n) is 13.3. The molecule has 212 valence electrons. The SMILES string of the molecule is CCCCNc1nc(NCCCC)nc(Nc2ccc(C)cc2)n1.Cc1ccc(Nc2nc(Cl)nc(Cl)n2)cc1. The molecule has 2 heterocycles. The van der Waals surface area contributed by atoms with Crippen LogP contribution in [0.25, 0.3) is 0 Å². The smallest absolute Gasteiger partial charge is 0.233 e. The zero-order valence-corrected chi connectivity index (χ0v) is 24.8. The zero-order valence-electron chi connectivity index (χ0n) is 23.3. The highest BCUT2D eigenvalue weighted by Crippen LogP contribution is 2.18. The zero-order chi connectivity index (χ0) is 28.7. The van der Waals surface area contributed by atoms with Gasteiger partial charge in [0, 0.05) is 24.5 Å². The third-order valence-electron chi connectivity index (χ3n) is 5.46. The quantitative estimate of drug-likeness (QED) is 0.124. The second-order valence-corrected chi connectivity index (χ2v) is 9.72. The van der Waals surface area contributed by atoms with Crippen molar-refractivity contribution in [1.29, 1.82) is 0 Å². The molecular weight excluding hydrogens is 547 g/mol. The van der Waals surface area contributed by atoms with Gasteiger partial charge in [0.2, 0.25) is 34.4 Å². The van der Waals surface area contributed by atoms with Crippen LogP contribution in [0.15, 0.2) is 48.5 Å². The van der Waals surface area contributed by atoms with Crippen molar-refractivity contribution in [3.8, 4) is 0 Å². The van der Waals surface area contributed by atoms with Gasteiger partial charge in [0.05, 0.1) is 0 Å². The second-order valence-electron chi connectivity index (χ2n) is 9.05. The molecule has 2 aromatic heterocycles. The van der Waals surface area contributed by atoms with Crippen molar-refractivity contribution in [3.63, 3.8) is 0 Å². The van der Waals surface area contributed by atoms with Gasteiger partial charge in [-0.25, -0.2) is 0 Å². The topological polar surface area (TPSA) is 125 Å². The van der Waals surface area contributed by atoms with Crippen LogP contribution in [0.5, 0.6) is 0 Å². The number of anilines is 6. The van der Waals surface area contributed by atoms with Crippen LogP contribution in [-0.2, 0) is 0 Å². The van der Waals surface area contributed by atoms with Gasteiger partial charge < -0.3 is 21.3 Å². The summed E-state index contributed by atoms with van der Waals surface area (Å²) < 4.78 is 0. The Morgan fingerprint density at radius 2 is 0.900 bits per heavy atom. The van der Waals surface area contributed by atoms with Crippen LogP contribution in [0.3, 0.4) is 0 Å². The van der Waals surface area contributed by atoms with Crippen LogP contribution in [0.2, 0.25) is 10.6 Å². The maximum atomic E-state index is 5.65. The van der Waals surface area contributed by atoms with E-state index in [1.165, 1.54) is 11.1 Å². The fraction of sp³-hybridized carbons (Fsp3) is 0.357. The average Bonchev–Trinajstić information content (AvgIpc) is 2.91. The Morgan fingerprint density at radius 1 is 0.525 bits per heavy atom. The summed E-state index contributed by atoms with van der Waals surface area (Å²) >= 11 is 11.3. The summed E-state index contributed by atoms with van der Waals surface area (Å²) in [4.78, 5) is 24.8. The van der Waals surface area contributed by atoms with Crippen LogP contribution >= 0.6 is 23.2 Å². The third kappa shape index (κ3) is 11.2. The molecule has 0 unspecified atom stereocenters. The molecule has 0 aliphatic heterocycles. The van der Waals surface area contributed by atoms with Crippen molar-refractivity contribution in [1.82, 2.24) is 29.9 Å². The van der Waals surface area contributed by atoms with Crippen molar-refractivity contribution in [3.05, 3.63) is 70.2 Å². The number of nitrogens with one attached hydrogen (secondary N) is 4. The summed E-state index contributed by atoms with van der Waals surface area (Å²) in [5, 5.41) is 12.9. The largest absolute Gasteiger partial charge is 0.354 e. The molecule has 0 bridgehead atoms. The van der Waals surface area contributed by atoms with E-state index in [-0.39, 0.29) is 10.6 Å². The van der Waals surface area contributed by atoms with Crippen molar-refractivity contribution >= 4 is 58.4 Å². The molecule has 12 heteroatoms. The molecule has 0 fully saturated rings. The van der Waals surface area contributed by atoms with Crippen LogP contribution in [0.1, 0.15) is 50.7 Å². The number of unbranched alkanes of at least 4 members (excludes halogenated alkanes) is 2. The number of aryl methyl sites for hydroxylation is 2. The van der Waals surface area contributed by atoms with Crippen LogP contribution in [0.4, 0.5) is 35.2 Å². The van der Waals surface area contributed by atoms with E-state index in [0.717, 1.165) is 50.1 Å². The van der Waals surface area contributed by atoms with E-state index in [0.29, 0.717) is 23.8 Å². The third-order valence-corrected chi connectivity index (χ3v) is 5.80. The van der Waals surface area contributed by atoms with Gasteiger partial charge in [-0.15, -0.1) is 0 Å². The predicted molar refractivity (Wildman–Crippen MR) is 165 cm³/mol. The van der Waals surface area contributed by atoms with Gasteiger partial charge in [-0.3, -0.25) is 0 Å². The van der Waals surface area contributed by atoms with E-state index in [4.69, 9.17) is 23.2 Å². The number of benzene rings is 2. The fourth-order valence-electron chi connectivity index (χ4n) is 3.26. The van der Waals surface area contributed by atoms with E-state index in [1.54, 1.807) is 0 Å². The molecule has 2 aromatic carbocycles. The minimum absolute atomic E-state index is 0.0645. The molecule has 0 atom stereocenters. The monoisotopic (exact) mass is 582 g/mol. The molecule has 0 saturated carbocycles. The summed E-state index contributed by atoms with van der Waals surface area (Å²) in [5.74, 6) is 2.08. The Hall–Kier alpha value is -3.76. The summed E-state index contributed by atoms with van der Waals surface area (Å²) in [6.45, 7) is 10.1. The highest BCUT2D eigenvalue weighted by Gasteiger charge is 2.07. The Kier molecular flexibility index (Phi) is 12.6. The molecule has 0 aliphatic carbocycles. The minimum atomic E-state index is 0.0645. The Bertz CT molecular complexity index is 1270. The predicted octanol–water partition coefficient (Wildman–Crippen LogP) is 7.58. The lowest BCUT2D eigenvalue weighted by atomic mass is 10.2. The molecule has 0 amide bonds. The molecule has 0 aliphatic rings. The van der Waals surface area contributed by atoms with E-state index < -0.39 is 0 Å². The van der Waals surface area contributed by atoms with E-state index in [2.05, 4.69) is 84.1 Å². The summed E-state index contributed by atoms with van der Waals surface area (Å²) in [6.07, 6.45) is 4.44. The van der Waals surface area contributed by atoms with Crippen molar-refractivity contribution < 1.29 is 0 Å². The fourth-order valence-corrected chi connectivity index (χ4v) is 3.62. The first-order chi connectivity index (χ1) is 19.3. The standard InChI is InChI=1S/C18H28N6.C10H8Cl2N4/c1-4-6-12-19-16-22-17(20-13-7-5-2)24-18(23-16)21-15-10-8-14(3)9-11-15;1-6-2-4-7(5-3-6)13-10-15-8(11)14-9(12)16-10/h8-11H,4-7,12-13H2,1-3H3,(H3,19,20,21,22,23,24);2-5H,1H3,(H,13,14,15,16). The van der Waals surface area contributed by atoms with Crippen molar-refractivity contribution in [2.75, 3.05) is 34.4 Å². The van der Waals surface area contributed by atoms with Crippen LogP contribution in [-0.4, -0.2) is 43.0 Å². The maximum Gasteiger partial charge on any atom is 0.233 e. The highest BCUT2D eigenvalue weighted by molar-refractivity contribution is 6.31. The van der Waals surface area contributed by atoms with Crippen LogP contribution < -0.4 is 21.3 Å². The maximum absolute atomic E-state index is 5.65. The molecule has 40 heavy (non-hydrogen) atoms. The molecule has 4 aromatic rings. The van der Waals surface area contributed by atoms with Gasteiger partial charge in [0.1, 0.15) is 0 Å². The second kappa shape index (κ2) is 16.4. The highest BCUT2D eigenvalue weighted by atomic mass is 35.5. The van der Waals surface area contributed by atoms with Gasteiger partial charge in [0.15, 0.2) is 0 Å². The molecule has 0 spiro atoms. The van der Waals surface area contributed by atoms with Crippen molar-refractivity contribution in [2.24, 2.45) is 0 Å². The van der Waals surface area contributed by atoms with Gasteiger partial charge >= 0.3 is 0 Å².